The van der Waals surface area contributed by atoms with Crippen molar-refractivity contribution in [3.8, 4) is 11.1 Å². The monoisotopic (exact) mass is 384 g/mol. The van der Waals surface area contributed by atoms with E-state index >= 15 is 0 Å². The second-order valence-corrected chi connectivity index (χ2v) is 6.51. The Labute approximate surface area is 163 Å². The SMILES string of the molecule is Cl.Cn1cc([C@H]2CNC[C@@H]2C(=O)Nc2ccc(-c3cncnc3)cc2)cn1. The smallest absolute Gasteiger partial charge is 0.229 e. The first-order valence-corrected chi connectivity index (χ1v) is 8.56. The Morgan fingerprint density at radius 3 is 2.52 bits per heavy atom. The molecule has 1 saturated heterocycles. The third-order valence-corrected chi connectivity index (χ3v) is 4.75. The van der Waals surface area contributed by atoms with Crippen molar-refractivity contribution in [3.63, 3.8) is 0 Å². The number of hydrogen-bond acceptors (Lipinski definition) is 5. The van der Waals surface area contributed by atoms with Crippen molar-refractivity contribution >= 4 is 24.0 Å². The van der Waals surface area contributed by atoms with E-state index in [4.69, 9.17) is 0 Å². The lowest BCUT2D eigenvalue weighted by Crippen LogP contribution is -2.28. The Morgan fingerprint density at radius 1 is 1.11 bits per heavy atom. The van der Waals surface area contributed by atoms with E-state index in [0.717, 1.165) is 28.9 Å². The number of amides is 1. The molecule has 1 fully saturated rings. The van der Waals surface area contributed by atoms with Crippen molar-refractivity contribution in [2.24, 2.45) is 13.0 Å². The summed E-state index contributed by atoms with van der Waals surface area (Å²) in [5.74, 6) is 0.0606. The molecule has 0 unspecified atom stereocenters. The molecule has 0 radical (unpaired) electrons. The molecule has 2 atom stereocenters. The number of nitrogens with one attached hydrogen (secondary N) is 2. The minimum Gasteiger partial charge on any atom is -0.326 e. The molecule has 0 spiro atoms. The number of benzene rings is 1. The van der Waals surface area contributed by atoms with E-state index in [0.29, 0.717) is 6.54 Å². The number of hydrogen-bond donors (Lipinski definition) is 2. The van der Waals surface area contributed by atoms with Crippen LogP contribution in [0.2, 0.25) is 0 Å². The molecular formula is C19H21ClN6O. The van der Waals surface area contributed by atoms with Crippen molar-refractivity contribution in [3.05, 3.63) is 60.9 Å². The molecule has 2 N–H and O–H groups in total. The van der Waals surface area contributed by atoms with Crippen LogP contribution in [0.1, 0.15) is 11.5 Å². The number of anilines is 1. The van der Waals surface area contributed by atoms with Crippen LogP contribution in [0.5, 0.6) is 0 Å². The lowest BCUT2D eigenvalue weighted by atomic mass is 9.90. The van der Waals surface area contributed by atoms with E-state index in [2.05, 4.69) is 25.7 Å². The highest BCUT2D eigenvalue weighted by Gasteiger charge is 2.34. The lowest BCUT2D eigenvalue weighted by molar-refractivity contribution is -0.119. The van der Waals surface area contributed by atoms with Crippen LogP contribution in [-0.4, -0.2) is 38.7 Å². The summed E-state index contributed by atoms with van der Waals surface area (Å²) in [7, 11) is 1.89. The van der Waals surface area contributed by atoms with Gasteiger partial charge in [0.2, 0.25) is 5.91 Å². The Morgan fingerprint density at radius 2 is 1.85 bits per heavy atom. The zero-order chi connectivity index (χ0) is 17.9. The molecule has 1 aromatic carbocycles. The second kappa shape index (κ2) is 8.28. The summed E-state index contributed by atoms with van der Waals surface area (Å²) in [4.78, 5) is 20.8. The normalized spacial score (nSPS) is 18.7. The third-order valence-electron chi connectivity index (χ3n) is 4.75. The van der Waals surface area contributed by atoms with E-state index < -0.39 is 0 Å². The molecule has 7 nitrogen and oxygen atoms in total. The maximum atomic E-state index is 12.8. The van der Waals surface area contributed by atoms with Gasteiger partial charge in [0.05, 0.1) is 12.1 Å². The zero-order valence-corrected chi connectivity index (χ0v) is 15.7. The molecule has 0 bridgehead atoms. The highest BCUT2D eigenvalue weighted by atomic mass is 35.5. The van der Waals surface area contributed by atoms with Crippen LogP contribution in [0.4, 0.5) is 5.69 Å². The van der Waals surface area contributed by atoms with E-state index in [9.17, 15) is 4.79 Å². The third kappa shape index (κ3) is 4.15. The zero-order valence-electron chi connectivity index (χ0n) is 14.9. The fraction of sp³-hybridized carbons (Fsp3) is 0.263. The molecule has 1 aliphatic heterocycles. The van der Waals surface area contributed by atoms with Gasteiger partial charge in [-0.25, -0.2) is 9.97 Å². The molecule has 3 aromatic rings. The molecular weight excluding hydrogens is 364 g/mol. The Balaban J connectivity index is 0.00000210. The molecule has 1 amide bonds. The van der Waals surface area contributed by atoms with Crippen LogP contribution in [-0.2, 0) is 11.8 Å². The van der Waals surface area contributed by atoms with Gasteiger partial charge < -0.3 is 10.6 Å². The molecule has 1 aliphatic rings. The fourth-order valence-corrected chi connectivity index (χ4v) is 3.37. The molecule has 4 rings (SSSR count). The van der Waals surface area contributed by atoms with Gasteiger partial charge in [0.15, 0.2) is 0 Å². The summed E-state index contributed by atoms with van der Waals surface area (Å²) in [5.41, 5.74) is 3.84. The number of rotatable bonds is 4. The summed E-state index contributed by atoms with van der Waals surface area (Å²) < 4.78 is 1.77. The van der Waals surface area contributed by atoms with Gasteiger partial charge in [-0.3, -0.25) is 9.48 Å². The van der Waals surface area contributed by atoms with Gasteiger partial charge in [-0.15, -0.1) is 12.4 Å². The first-order valence-electron chi connectivity index (χ1n) is 8.56. The number of aryl methyl sites for hydroxylation is 1. The Bertz CT molecular complexity index is 896. The standard InChI is InChI=1S/C19H20N6O.ClH/c1-25-11-15(8-23-25)17-9-20-10-18(17)19(26)24-16-4-2-13(3-5-16)14-6-21-12-22-7-14;/h2-8,11-12,17-18,20H,9-10H2,1H3,(H,24,26);1H/t17-,18+;/m1./s1. The highest BCUT2D eigenvalue weighted by molar-refractivity contribution is 5.93. The second-order valence-electron chi connectivity index (χ2n) is 6.51. The first-order chi connectivity index (χ1) is 12.7. The summed E-state index contributed by atoms with van der Waals surface area (Å²) in [6.07, 6.45) is 8.86. The topological polar surface area (TPSA) is 84.7 Å². The Hall–Kier alpha value is -2.77. The molecule has 27 heavy (non-hydrogen) atoms. The van der Waals surface area contributed by atoms with Gasteiger partial charge in [-0.1, -0.05) is 12.1 Å². The number of carbonyl (C=O) groups is 1. The Kier molecular flexibility index (Phi) is 5.83. The molecule has 140 valence electrons. The number of nitrogens with zero attached hydrogens (tertiary/aromatic N) is 4. The molecule has 2 aromatic heterocycles. The lowest BCUT2D eigenvalue weighted by Gasteiger charge is -2.17. The quantitative estimate of drug-likeness (QED) is 0.720. The van der Waals surface area contributed by atoms with Gasteiger partial charge >= 0.3 is 0 Å². The predicted molar refractivity (Wildman–Crippen MR) is 106 cm³/mol. The van der Waals surface area contributed by atoms with Gasteiger partial charge in [-0.2, -0.15) is 5.10 Å². The molecule has 3 heterocycles. The summed E-state index contributed by atoms with van der Waals surface area (Å²) in [6, 6.07) is 7.73. The van der Waals surface area contributed by atoms with Gasteiger partial charge in [-0.05, 0) is 23.3 Å². The van der Waals surface area contributed by atoms with Crippen LogP contribution in [0.25, 0.3) is 11.1 Å². The highest BCUT2D eigenvalue weighted by Crippen LogP contribution is 2.29. The maximum absolute atomic E-state index is 12.8. The first kappa shape index (κ1) is 19.0. The average Bonchev–Trinajstić information content (AvgIpc) is 3.32. The number of aromatic nitrogens is 4. The molecule has 0 aliphatic carbocycles. The van der Waals surface area contributed by atoms with Gasteiger partial charge in [0.1, 0.15) is 6.33 Å². The van der Waals surface area contributed by atoms with Crippen LogP contribution in [0, 0.1) is 5.92 Å². The van der Waals surface area contributed by atoms with E-state index in [-0.39, 0.29) is 30.2 Å². The van der Waals surface area contributed by atoms with Crippen LogP contribution < -0.4 is 10.6 Å². The summed E-state index contributed by atoms with van der Waals surface area (Å²) in [5, 5.41) is 10.6. The number of halogens is 1. The minimum absolute atomic E-state index is 0. The van der Waals surface area contributed by atoms with E-state index in [1.54, 1.807) is 17.1 Å². The maximum Gasteiger partial charge on any atom is 0.229 e. The van der Waals surface area contributed by atoms with Crippen molar-refractivity contribution in [2.75, 3.05) is 18.4 Å². The minimum atomic E-state index is -0.110. The van der Waals surface area contributed by atoms with Crippen LogP contribution in [0.3, 0.4) is 0 Å². The molecule has 0 saturated carbocycles. The van der Waals surface area contributed by atoms with Crippen LogP contribution in [0.15, 0.2) is 55.4 Å². The summed E-state index contributed by atoms with van der Waals surface area (Å²) in [6.45, 7) is 1.46. The predicted octanol–water partition coefficient (Wildman–Crippen LogP) is 2.24. The summed E-state index contributed by atoms with van der Waals surface area (Å²) >= 11 is 0. The molecule has 8 heteroatoms. The van der Waals surface area contributed by atoms with E-state index in [1.807, 2.05) is 43.7 Å². The van der Waals surface area contributed by atoms with Crippen molar-refractivity contribution < 1.29 is 4.79 Å². The van der Waals surface area contributed by atoms with Gasteiger partial charge in [0.25, 0.3) is 0 Å². The largest absolute Gasteiger partial charge is 0.326 e. The van der Waals surface area contributed by atoms with Crippen LogP contribution >= 0.6 is 12.4 Å². The van der Waals surface area contributed by atoms with Crippen molar-refractivity contribution in [2.45, 2.75) is 5.92 Å². The van der Waals surface area contributed by atoms with Gasteiger partial charge in [0, 0.05) is 55.9 Å². The van der Waals surface area contributed by atoms with Crippen molar-refractivity contribution in [1.29, 1.82) is 0 Å². The average molecular weight is 385 g/mol. The number of carbonyl (C=O) groups excluding carboxylic acids is 1. The van der Waals surface area contributed by atoms with Crippen molar-refractivity contribution in [1.82, 2.24) is 25.1 Å². The fourth-order valence-electron chi connectivity index (χ4n) is 3.37. The van der Waals surface area contributed by atoms with E-state index in [1.165, 1.54) is 6.33 Å².